The summed E-state index contributed by atoms with van der Waals surface area (Å²) in [5.41, 5.74) is 0.646. The van der Waals surface area contributed by atoms with E-state index in [9.17, 15) is 4.79 Å². The second-order valence-corrected chi connectivity index (χ2v) is 5.54. The smallest absolute Gasteiger partial charge is 0.151 e. The number of benzene rings is 2. The molecule has 0 aliphatic heterocycles. The lowest BCUT2D eigenvalue weighted by Crippen LogP contribution is -1.86. The minimum Gasteiger partial charge on any atom is -0.298 e. The van der Waals surface area contributed by atoms with Crippen LogP contribution in [0.1, 0.15) is 10.4 Å². The first-order chi connectivity index (χ1) is 7.15. The lowest BCUT2D eigenvalue weighted by molar-refractivity contribution is 0.112. The molecule has 2 aromatic rings. The maximum atomic E-state index is 10.8. The molecule has 0 spiro atoms. The molecular weight excluding hydrogens is 388 g/mol. The Morgan fingerprint density at radius 3 is 2.47 bits per heavy atom. The lowest BCUT2D eigenvalue weighted by atomic mass is 10.1. The summed E-state index contributed by atoms with van der Waals surface area (Å²) < 4.78 is 2.75. The first kappa shape index (κ1) is 11.3. The summed E-state index contributed by atoms with van der Waals surface area (Å²) in [6, 6.07) is 7.70. The van der Waals surface area contributed by atoms with Gasteiger partial charge in [-0.1, -0.05) is 44.0 Å². The Morgan fingerprint density at radius 2 is 1.80 bits per heavy atom. The van der Waals surface area contributed by atoms with E-state index in [4.69, 9.17) is 0 Å². The summed E-state index contributed by atoms with van der Waals surface area (Å²) in [5, 5.41) is 2.08. The van der Waals surface area contributed by atoms with E-state index in [0.717, 1.165) is 30.5 Å². The van der Waals surface area contributed by atoms with Gasteiger partial charge in [0.2, 0.25) is 0 Å². The Morgan fingerprint density at radius 1 is 1.07 bits per heavy atom. The van der Waals surface area contributed by atoms with Gasteiger partial charge in [0, 0.05) is 24.4 Å². The molecule has 15 heavy (non-hydrogen) atoms. The van der Waals surface area contributed by atoms with Crippen molar-refractivity contribution in [1.82, 2.24) is 0 Å². The van der Waals surface area contributed by atoms with Crippen LogP contribution >= 0.6 is 47.8 Å². The first-order valence-corrected chi connectivity index (χ1v) is 6.54. The summed E-state index contributed by atoms with van der Waals surface area (Å²) in [6.45, 7) is 0. The van der Waals surface area contributed by atoms with E-state index in [-0.39, 0.29) is 0 Å². The highest BCUT2D eigenvalue weighted by molar-refractivity contribution is 9.11. The van der Waals surface area contributed by atoms with E-state index in [1.165, 1.54) is 0 Å². The third-order valence-corrected chi connectivity index (χ3v) is 4.32. The summed E-state index contributed by atoms with van der Waals surface area (Å²) in [6.07, 6.45) is 0.842. The Hall–Kier alpha value is -0.190. The number of halogens is 3. The summed E-state index contributed by atoms with van der Waals surface area (Å²) in [4.78, 5) is 10.8. The van der Waals surface area contributed by atoms with Gasteiger partial charge in [-0.2, -0.15) is 0 Å². The number of hydrogen-bond donors (Lipinski definition) is 0. The molecule has 76 valence electrons. The number of aldehydes is 1. The van der Waals surface area contributed by atoms with Crippen molar-refractivity contribution in [2.75, 3.05) is 0 Å². The number of carbonyl (C=O) groups is 1. The van der Waals surface area contributed by atoms with Gasteiger partial charge in [0.1, 0.15) is 0 Å². The number of hydrogen-bond acceptors (Lipinski definition) is 1. The van der Waals surface area contributed by atoms with Crippen LogP contribution in [0.2, 0.25) is 0 Å². The van der Waals surface area contributed by atoms with Gasteiger partial charge in [0.05, 0.1) is 0 Å². The minimum atomic E-state index is 0.646. The Labute approximate surface area is 112 Å². The average molecular weight is 393 g/mol. The van der Waals surface area contributed by atoms with Crippen LogP contribution in [0, 0.1) is 0 Å². The molecule has 2 rings (SSSR count). The molecule has 0 amide bonds. The second-order valence-electron chi connectivity index (χ2n) is 3.04. The highest BCUT2D eigenvalue weighted by atomic mass is 79.9. The molecule has 0 bridgehead atoms. The Balaban J connectivity index is 2.99. The fourth-order valence-electron chi connectivity index (χ4n) is 1.46. The van der Waals surface area contributed by atoms with Gasteiger partial charge in [0.15, 0.2) is 6.29 Å². The van der Waals surface area contributed by atoms with Crippen molar-refractivity contribution in [2.45, 2.75) is 0 Å². The number of rotatable bonds is 1. The molecule has 1 nitrogen and oxygen atoms in total. The predicted octanol–water partition coefficient (Wildman–Crippen LogP) is 4.94. The van der Waals surface area contributed by atoms with Crippen molar-refractivity contribution in [3.63, 3.8) is 0 Å². The second kappa shape index (κ2) is 4.36. The molecule has 0 saturated carbocycles. The van der Waals surface area contributed by atoms with Crippen molar-refractivity contribution >= 4 is 64.8 Å². The van der Waals surface area contributed by atoms with Gasteiger partial charge < -0.3 is 0 Å². The van der Waals surface area contributed by atoms with E-state index >= 15 is 0 Å². The molecule has 2 aromatic carbocycles. The van der Waals surface area contributed by atoms with Gasteiger partial charge in [0.25, 0.3) is 0 Å². The fourth-order valence-corrected chi connectivity index (χ4v) is 3.52. The predicted molar refractivity (Wildman–Crippen MR) is 72.4 cm³/mol. The van der Waals surface area contributed by atoms with Crippen molar-refractivity contribution < 1.29 is 4.79 Å². The molecule has 0 aromatic heterocycles. The summed E-state index contributed by atoms with van der Waals surface area (Å²) >= 11 is 10.4. The highest BCUT2D eigenvalue weighted by Crippen LogP contribution is 2.36. The topological polar surface area (TPSA) is 17.1 Å². The van der Waals surface area contributed by atoms with Gasteiger partial charge in [-0.05, 0) is 33.4 Å². The standard InChI is InChI=1S/C11H5Br3O/c12-8-3-1-2-7-10(8)9(13)4-6(5-15)11(7)14/h1-5H. The van der Waals surface area contributed by atoms with Crippen LogP contribution in [0.15, 0.2) is 37.7 Å². The van der Waals surface area contributed by atoms with Gasteiger partial charge >= 0.3 is 0 Å². The van der Waals surface area contributed by atoms with Gasteiger partial charge in [-0.15, -0.1) is 0 Å². The maximum absolute atomic E-state index is 10.8. The zero-order valence-corrected chi connectivity index (χ0v) is 12.2. The normalized spacial score (nSPS) is 10.6. The van der Waals surface area contributed by atoms with Crippen molar-refractivity contribution in [2.24, 2.45) is 0 Å². The molecular formula is C11H5Br3O. The zero-order chi connectivity index (χ0) is 11.0. The molecule has 0 N–H and O–H groups in total. The molecule has 0 atom stereocenters. The molecule has 0 saturated heterocycles. The van der Waals surface area contributed by atoms with E-state index in [1.807, 2.05) is 24.3 Å². The molecule has 4 heteroatoms. The van der Waals surface area contributed by atoms with Crippen LogP contribution in [-0.2, 0) is 0 Å². The maximum Gasteiger partial charge on any atom is 0.151 e. The molecule has 0 aliphatic rings. The fraction of sp³-hybridized carbons (Fsp3) is 0. The van der Waals surface area contributed by atoms with Crippen molar-refractivity contribution in [1.29, 1.82) is 0 Å². The van der Waals surface area contributed by atoms with Crippen molar-refractivity contribution in [3.8, 4) is 0 Å². The first-order valence-electron chi connectivity index (χ1n) is 4.16. The average Bonchev–Trinajstić information content (AvgIpc) is 2.23. The van der Waals surface area contributed by atoms with E-state index in [2.05, 4.69) is 47.8 Å². The van der Waals surface area contributed by atoms with E-state index in [0.29, 0.717) is 5.56 Å². The number of carbonyl (C=O) groups excluding carboxylic acids is 1. The molecule has 0 aliphatic carbocycles. The highest BCUT2D eigenvalue weighted by Gasteiger charge is 2.10. The van der Waals surface area contributed by atoms with Gasteiger partial charge in [-0.3, -0.25) is 4.79 Å². The lowest BCUT2D eigenvalue weighted by Gasteiger charge is -2.07. The van der Waals surface area contributed by atoms with Crippen LogP contribution in [0.5, 0.6) is 0 Å². The number of fused-ring (bicyclic) bond motifs is 1. The Bertz CT molecular complexity index is 549. The van der Waals surface area contributed by atoms with E-state index in [1.54, 1.807) is 0 Å². The van der Waals surface area contributed by atoms with E-state index < -0.39 is 0 Å². The van der Waals surface area contributed by atoms with Crippen molar-refractivity contribution in [3.05, 3.63) is 43.2 Å². The largest absolute Gasteiger partial charge is 0.298 e. The molecule has 0 radical (unpaired) electrons. The van der Waals surface area contributed by atoms with Crippen LogP contribution in [0.25, 0.3) is 10.8 Å². The zero-order valence-electron chi connectivity index (χ0n) is 7.43. The van der Waals surface area contributed by atoms with Gasteiger partial charge in [-0.25, -0.2) is 0 Å². The van der Waals surface area contributed by atoms with Crippen LogP contribution in [-0.4, -0.2) is 6.29 Å². The van der Waals surface area contributed by atoms with Crippen LogP contribution < -0.4 is 0 Å². The molecule has 0 unspecified atom stereocenters. The SMILES string of the molecule is O=Cc1cc(Br)c2c(Br)cccc2c1Br. The van der Waals surface area contributed by atoms with Crippen LogP contribution in [0.3, 0.4) is 0 Å². The summed E-state index contributed by atoms with van der Waals surface area (Å²) in [7, 11) is 0. The monoisotopic (exact) mass is 390 g/mol. The molecule has 0 heterocycles. The molecule has 0 fully saturated rings. The van der Waals surface area contributed by atoms with Crippen LogP contribution in [0.4, 0.5) is 0 Å². The minimum absolute atomic E-state index is 0.646. The quantitative estimate of drug-likeness (QED) is 0.628. The third kappa shape index (κ3) is 1.90. The third-order valence-electron chi connectivity index (χ3n) is 2.15. The summed E-state index contributed by atoms with van der Waals surface area (Å²) in [5.74, 6) is 0. The Kier molecular flexibility index (Phi) is 3.28.